The molecule has 6 heteroatoms. The summed E-state index contributed by atoms with van der Waals surface area (Å²) in [7, 11) is 0. The van der Waals surface area contributed by atoms with Gasteiger partial charge in [-0.2, -0.15) is 0 Å². The van der Waals surface area contributed by atoms with Crippen molar-refractivity contribution in [3.8, 4) is 5.75 Å². The van der Waals surface area contributed by atoms with Crippen molar-refractivity contribution in [2.75, 3.05) is 13.2 Å². The molecular weight excluding hydrogens is 292 g/mol. The minimum atomic E-state index is -0.394. The lowest BCUT2D eigenvalue weighted by atomic mass is 10.1. The number of halogens is 1. The van der Waals surface area contributed by atoms with Gasteiger partial charge in [0.15, 0.2) is 6.10 Å². The third-order valence-corrected chi connectivity index (χ3v) is 3.24. The normalized spacial score (nSPS) is 18.3. The average Bonchev–Trinajstić information content (AvgIpc) is 2.80. The van der Waals surface area contributed by atoms with Crippen molar-refractivity contribution in [3.63, 3.8) is 0 Å². The van der Waals surface area contributed by atoms with Gasteiger partial charge in [0.25, 0.3) is 0 Å². The molecule has 0 radical (unpaired) electrons. The van der Waals surface area contributed by atoms with Gasteiger partial charge in [-0.3, -0.25) is 0 Å². The third-order valence-electron chi connectivity index (χ3n) is 3.00. The molecule has 1 heterocycles. The fourth-order valence-electron chi connectivity index (χ4n) is 1.89. The van der Waals surface area contributed by atoms with Crippen molar-refractivity contribution in [3.05, 3.63) is 28.8 Å². The Kier molecular flexibility index (Phi) is 4.96. The van der Waals surface area contributed by atoms with Crippen LogP contribution in [0.5, 0.6) is 5.75 Å². The van der Waals surface area contributed by atoms with Crippen LogP contribution in [0.3, 0.4) is 0 Å². The Morgan fingerprint density at radius 3 is 2.86 bits per heavy atom. The van der Waals surface area contributed by atoms with E-state index in [0.717, 1.165) is 11.3 Å². The molecule has 0 bridgehead atoms. The van der Waals surface area contributed by atoms with Crippen LogP contribution in [0.15, 0.2) is 18.2 Å². The number of amides is 1. The van der Waals surface area contributed by atoms with Crippen molar-refractivity contribution in [2.45, 2.75) is 39.0 Å². The van der Waals surface area contributed by atoms with Crippen LogP contribution in [0.4, 0.5) is 4.79 Å². The molecule has 1 aliphatic heterocycles. The molecule has 2 rings (SSSR count). The first-order valence-corrected chi connectivity index (χ1v) is 7.32. The molecule has 1 atom stereocenters. The zero-order chi connectivity index (χ0) is 15.5. The number of cyclic esters (lactones) is 1. The maximum absolute atomic E-state index is 11.0. The number of hydrogen-bond acceptors (Lipinski definition) is 4. The van der Waals surface area contributed by atoms with Gasteiger partial charge in [0.1, 0.15) is 12.4 Å². The Labute approximate surface area is 130 Å². The molecule has 1 amide bonds. The zero-order valence-electron chi connectivity index (χ0n) is 12.5. The van der Waals surface area contributed by atoms with Crippen LogP contribution in [0, 0.1) is 0 Å². The highest BCUT2D eigenvalue weighted by molar-refractivity contribution is 6.30. The minimum Gasteiger partial charge on any atom is -0.489 e. The molecule has 1 aromatic carbocycles. The zero-order valence-corrected chi connectivity index (χ0v) is 13.3. The second-order valence-corrected chi connectivity index (χ2v) is 6.51. The Morgan fingerprint density at radius 1 is 1.48 bits per heavy atom. The first-order valence-electron chi connectivity index (χ1n) is 6.94. The molecule has 0 spiro atoms. The number of nitrogens with one attached hydrogen (secondary N) is 2. The maximum atomic E-state index is 11.0. The van der Waals surface area contributed by atoms with Crippen LogP contribution in [0.25, 0.3) is 0 Å². The van der Waals surface area contributed by atoms with Crippen LogP contribution in [0.2, 0.25) is 5.02 Å². The Balaban J connectivity index is 1.99. The topological polar surface area (TPSA) is 59.6 Å². The van der Waals surface area contributed by atoms with Crippen LogP contribution in [-0.2, 0) is 11.3 Å². The molecular formula is C15H21ClN2O3. The van der Waals surface area contributed by atoms with Gasteiger partial charge < -0.3 is 20.1 Å². The molecule has 5 nitrogen and oxygen atoms in total. The summed E-state index contributed by atoms with van der Waals surface area (Å²) >= 11 is 6.05. The highest BCUT2D eigenvalue weighted by Gasteiger charge is 2.23. The van der Waals surface area contributed by atoms with E-state index in [0.29, 0.717) is 24.7 Å². The number of carbonyl (C=O) groups excluding carboxylic acids is 1. The van der Waals surface area contributed by atoms with Crippen LogP contribution < -0.4 is 15.4 Å². The quantitative estimate of drug-likeness (QED) is 0.877. The van der Waals surface area contributed by atoms with Crippen molar-refractivity contribution in [2.24, 2.45) is 0 Å². The fourth-order valence-corrected chi connectivity index (χ4v) is 2.09. The average molecular weight is 313 g/mol. The number of rotatable bonds is 5. The van der Waals surface area contributed by atoms with Crippen LogP contribution in [-0.4, -0.2) is 30.9 Å². The summed E-state index contributed by atoms with van der Waals surface area (Å²) < 4.78 is 10.8. The molecule has 116 valence electrons. The predicted molar refractivity (Wildman–Crippen MR) is 81.8 cm³/mol. The predicted octanol–water partition coefficient (Wildman–Crippen LogP) is 2.72. The van der Waals surface area contributed by atoms with E-state index in [-0.39, 0.29) is 11.6 Å². The number of hydrogen-bond donors (Lipinski definition) is 2. The van der Waals surface area contributed by atoms with Crippen molar-refractivity contribution in [1.82, 2.24) is 10.6 Å². The third kappa shape index (κ3) is 5.10. The second-order valence-electron chi connectivity index (χ2n) is 6.07. The smallest absolute Gasteiger partial charge is 0.407 e. The Bertz CT molecular complexity index is 514. The highest BCUT2D eigenvalue weighted by atomic mass is 35.5. The summed E-state index contributed by atoms with van der Waals surface area (Å²) in [4.78, 5) is 11.0. The molecule has 0 saturated carbocycles. The molecule has 0 aromatic heterocycles. The van der Waals surface area contributed by atoms with E-state index in [4.69, 9.17) is 21.1 Å². The van der Waals surface area contributed by atoms with Gasteiger partial charge in [-0.15, -0.1) is 0 Å². The number of carbonyl (C=O) groups is 1. The van der Waals surface area contributed by atoms with Gasteiger partial charge >= 0.3 is 6.09 Å². The molecule has 1 unspecified atom stereocenters. The van der Waals surface area contributed by atoms with E-state index >= 15 is 0 Å². The largest absolute Gasteiger partial charge is 0.489 e. The lowest BCUT2D eigenvalue weighted by molar-refractivity contribution is 0.104. The monoisotopic (exact) mass is 312 g/mol. The van der Waals surface area contributed by atoms with Gasteiger partial charge in [0.2, 0.25) is 0 Å². The van der Waals surface area contributed by atoms with E-state index in [1.54, 1.807) is 6.07 Å². The SMILES string of the molecule is CC(C)(C)NCc1cc(Cl)ccc1OCC1CNC(=O)O1. The number of alkyl carbamates (subject to hydrolysis) is 1. The summed E-state index contributed by atoms with van der Waals surface area (Å²) in [5.41, 5.74) is 0.986. The van der Waals surface area contributed by atoms with E-state index in [1.165, 1.54) is 0 Å². The summed E-state index contributed by atoms with van der Waals surface area (Å²) in [6.07, 6.45) is -0.647. The molecule has 1 fully saturated rings. The Morgan fingerprint density at radius 2 is 2.24 bits per heavy atom. The molecule has 1 aromatic rings. The molecule has 1 saturated heterocycles. The van der Waals surface area contributed by atoms with Gasteiger partial charge in [0.05, 0.1) is 6.54 Å². The maximum Gasteiger partial charge on any atom is 0.407 e. The molecule has 1 aliphatic rings. The van der Waals surface area contributed by atoms with Gasteiger partial charge in [0, 0.05) is 22.7 Å². The summed E-state index contributed by atoms with van der Waals surface area (Å²) in [6.45, 7) is 7.75. The summed E-state index contributed by atoms with van der Waals surface area (Å²) in [6, 6.07) is 5.51. The van der Waals surface area contributed by atoms with E-state index in [9.17, 15) is 4.79 Å². The standard InChI is InChI=1S/C15H21ClN2O3/c1-15(2,3)18-7-10-6-11(16)4-5-13(10)20-9-12-8-17-14(19)21-12/h4-6,12,18H,7-9H2,1-3H3,(H,17,19). The van der Waals surface area contributed by atoms with Gasteiger partial charge in [-0.1, -0.05) is 11.6 Å². The van der Waals surface area contributed by atoms with Crippen molar-refractivity contribution >= 4 is 17.7 Å². The minimum absolute atomic E-state index is 0.00445. The summed E-state index contributed by atoms with van der Waals surface area (Å²) in [5.74, 6) is 0.749. The van der Waals surface area contributed by atoms with Gasteiger partial charge in [-0.25, -0.2) is 4.79 Å². The van der Waals surface area contributed by atoms with Gasteiger partial charge in [-0.05, 0) is 39.0 Å². The van der Waals surface area contributed by atoms with E-state index in [2.05, 4.69) is 31.4 Å². The second kappa shape index (κ2) is 6.54. The summed E-state index contributed by atoms with van der Waals surface area (Å²) in [5, 5.41) is 6.67. The molecule has 2 N–H and O–H groups in total. The van der Waals surface area contributed by atoms with Crippen LogP contribution >= 0.6 is 11.6 Å². The van der Waals surface area contributed by atoms with E-state index < -0.39 is 6.09 Å². The molecule has 21 heavy (non-hydrogen) atoms. The first kappa shape index (κ1) is 15.9. The van der Waals surface area contributed by atoms with Crippen molar-refractivity contribution in [1.29, 1.82) is 0 Å². The molecule has 0 aliphatic carbocycles. The number of benzene rings is 1. The highest BCUT2D eigenvalue weighted by Crippen LogP contribution is 2.24. The van der Waals surface area contributed by atoms with Crippen LogP contribution in [0.1, 0.15) is 26.3 Å². The van der Waals surface area contributed by atoms with Crippen molar-refractivity contribution < 1.29 is 14.3 Å². The fraction of sp³-hybridized carbons (Fsp3) is 0.533. The lowest BCUT2D eigenvalue weighted by Crippen LogP contribution is -2.35. The number of ether oxygens (including phenoxy) is 2. The lowest BCUT2D eigenvalue weighted by Gasteiger charge is -2.22. The van der Waals surface area contributed by atoms with E-state index in [1.807, 2.05) is 12.1 Å². The first-order chi connectivity index (χ1) is 9.83. The Hall–Kier alpha value is -1.46.